The Balaban J connectivity index is 1.58. The SMILES string of the molecule is Cc1ccn2c(=O)c(NC(=O)N(Cc3ccccc3)C3CC3)cnc2c1. The molecule has 132 valence electrons. The van der Waals surface area contributed by atoms with Crippen LogP contribution in [0.1, 0.15) is 24.0 Å². The normalized spacial score (nSPS) is 13.6. The molecule has 1 N–H and O–H groups in total. The van der Waals surface area contributed by atoms with E-state index in [0.29, 0.717) is 12.2 Å². The molecule has 0 bridgehead atoms. The van der Waals surface area contributed by atoms with Crippen molar-refractivity contribution in [3.8, 4) is 0 Å². The second-order valence-electron chi connectivity index (χ2n) is 6.68. The van der Waals surface area contributed by atoms with Crippen molar-refractivity contribution in [1.82, 2.24) is 14.3 Å². The highest BCUT2D eigenvalue weighted by molar-refractivity contribution is 5.89. The van der Waals surface area contributed by atoms with E-state index in [9.17, 15) is 9.59 Å². The van der Waals surface area contributed by atoms with Crippen LogP contribution in [0.4, 0.5) is 10.5 Å². The van der Waals surface area contributed by atoms with Gasteiger partial charge in [-0.3, -0.25) is 9.20 Å². The van der Waals surface area contributed by atoms with Crippen molar-refractivity contribution in [3.63, 3.8) is 0 Å². The lowest BCUT2D eigenvalue weighted by Crippen LogP contribution is -2.37. The number of urea groups is 1. The van der Waals surface area contributed by atoms with E-state index in [1.54, 1.807) is 11.1 Å². The number of hydrogen-bond donors (Lipinski definition) is 1. The lowest BCUT2D eigenvalue weighted by atomic mass is 10.2. The summed E-state index contributed by atoms with van der Waals surface area (Å²) in [7, 11) is 0. The third-order valence-corrected chi connectivity index (χ3v) is 4.55. The van der Waals surface area contributed by atoms with Crippen LogP contribution in [-0.4, -0.2) is 26.4 Å². The van der Waals surface area contributed by atoms with Gasteiger partial charge in [-0.15, -0.1) is 0 Å². The van der Waals surface area contributed by atoms with Crippen molar-refractivity contribution < 1.29 is 4.79 Å². The smallest absolute Gasteiger partial charge is 0.317 e. The summed E-state index contributed by atoms with van der Waals surface area (Å²) in [4.78, 5) is 31.5. The first-order valence-corrected chi connectivity index (χ1v) is 8.71. The molecule has 6 nitrogen and oxygen atoms in total. The largest absolute Gasteiger partial charge is 0.322 e. The van der Waals surface area contributed by atoms with Gasteiger partial charge in [-0.2, -0.15) is 0 Å². The standard InChI is InChI=1S/C20H20N4O2/c1-14-9-10-23-18(11-14)21-12-17(19(23)25)22-20(26)24(16-7-8-16)13-15-5-3-2-4-6-15/h2-6,9-12,16H,7-8,13H2,1H3,(H,22,26). The minimum atomic E-state index is -0.279. The van der Waals surface area contributed by atoms with Crippen molar-refractivity contribution in [2.24, 2.45) is 0 Å². The van der Waals surface area contributed by atoms with Crippen LogP contribution < -0.4 is 10.9 Å². The minimum absolute atomic E-state index is 0.190. The van der Waals surface area contributed by atoms with Crippen LogP contribution in [0.2, 0.25) is 0 Å². The fourth-order valence-corrected chi connectivity index (χ4v) is 2.98. The molecule has 0 atom stereocenters. The number of pyridine rings is 1. The van der Waals surface area contributed by atoms with Gasteiger partial charge in [0.05, 0.1) is 6.20 Å². The molecule has 4 rings (SSSR count). The first kappa shape index (κ1) is 16.3. The molecule has 6 heteroatoms. The topological polar surface area (TPSA) is 66.7 Å². The Labute approximate surface area is 151 Å². The average molecular weight is 348 g/mol. The molecule has 1 aliphatic carbocycles. The predicted octanol–water partition coefficient (Wildman–Crippen LogP) is 3.20. The lowest BCUT2D eigenvalue weighted by molar-refractivity contribution is 0.206. The number of aryl methyl sites for hydroxylation is 1. The van der Waals surface area contributed by atoms with Crippen LogP contribution in [0.15, 0.2) is 59.7 Å². The van der Waals surface area contributed by atoms with E-state index in [1.165, 1.54) is 10.6 Å². The summed E-state index contributed by atoms with van der Waals surface area (Å²) in [5, 5.41) is 2.75. The van der Waals surface area contributed by atoms with Crippen LogP contribution in [0.25, 0.3) is 5.65 Å². The van der Waals surface area contributed by atoms with E-state index in [2.05, 4.69) is 10.3 Å². The molecular formula is C20H20N4O2. The van der Waals surface area contributed by atoms with Crippen LogP contribution in [-0.2, 0) is 6.54 Å². The molecule has 2 amide bonds. The first-order chi connectivity index (χ1) is 12.6. The maximum atomic E-state index is 12.8. The quantitative estimate of drug-likeness (QED) is 0.787. The van der Waals surface area contributed by atoms with Gasteiger partial charge in [0, 0.05) is 18.8 Å². The number of carbonyl (C=O) groups excluding carboxylic acids is 1. The van der Waals surface area contributed by atoms with Crippen molar-refractivity contribution in [1.29, 1.82) is 0 Å². The van der Waals surface area contributed by atoms with Gasteiger partial charge in [-0.1, -0.05) is 30.3 Å². The zero-order valence-electron chi connectivity index (χ0n) is 14.6. The zero-order valence-corrected chi connectivity index (χ0v) is 14.6. The Hall–Kier alpha value is -3.15. The number of nitrogens with one attached hydrogen (secondary N) is 1. The fourth-order valence-electron chi connectivity index (χ4n) is 2.98. The number of rotatable bonds is 4. The second-order valence-corrected chi connectivity index (χ2v) is 6.68. The fraction of sp³-hybridized carbons (Fsp3) is 0.250. The van der Waals surface area contributed by atoms with Crippen molar-refractivity contribution in [2.45, 2.75) is 32.4 Å². The molecule has 1 aliphatic rings. The third kappa shape index (κ3) is 3.31. The number of fused-ring (bicyclic) bond motifs is 1. The summed E-state index contributed by atoms with van der Waals surface area (Å²) in [5.74, 6) is 0. The van der Waals surface area contributed by atoms with E-state index in [1.807, 2.05) is 49.4 Å². The van der Waals surface area contributed by atoms with Crippen molar-refractivity contribution in [3.05, 3.63) is 76.3 Å². The van der Waals surface area contributed by atoms with E-state index in [0.717, 1.165) is 24.0 Å². The molecule has 2 aromatic heterocycles. The Kier molecular flexibility index (Phi) is 4.16. The highest BCUT2D eigenvalue weighted by Gasteiger charge is 2.33. The Bertz CT molecular complexity index is 1010. The highest BCUT2D eigenvalue weighted by Crippen LogP contribution is 2.28. The molecule has 1 saturated carbocycles. The van der Waals surface area contributed by atoms with Gasteiger partial charge >= 0.3 is 6.03 Å². The van der Waals surface area contributed by atoms with Crippen LogP contribution >= 0.6 is 0 Å². The molecule has 1 fully saturated rings. The maximum Gasteiger partial charge on any atom is 0.322 e. The molecule has 2 heterocycles. The monoisotopic (exact) mass is 348 g/mol. The van der Waals surface area contributed by atoms with Gasteiger partial charge in [0.1, 0.15) is 11.3 Å². The summed E-state index contributed by atoms with van der Waals surface area (Å²) in [6, 6.07) is 13.5. The Morgan fingerprint density at radius 2 is 2.04 bits per heavy atom. The van der Waals surface area contributed by atoms with Gasteiger partial charge in [-0.25, -0.2) is 9.78 Å². The molecule has 0 unspecified atom stereocenters. The predicted molar refractivity (Wildman–Crippen MR) is 100 cm³/mol. The van der Waals surface area contributed by atoms with E-state index in [4.69, 9.17) is 0 Å². The van der Waals surface area contributed by atoms with E-state index in [-0.39, 0.29) is 23.3 Å². The summed E-state index contributed by atoms with van der Waals surface area (Å²) in [5.41, 5.74) is 2.57. The third-order valence-electron chi connectivity index (χ3n) is 4.55. The van der Waals surface area contributed by atoms with Gasteiger partial charge in [0.15, 0.2) is 0 Å². The number of hydrogen-bond acceptors (Lipinski definition) is 3. The minimum Gasteiger partial charge on any atom is -0.317 e. The molecule has 3 aromatic rings. The molecule has 0 saturated heterocycles. The van der Waals surface area contributed by atoms with Gasteiger partial charge in [0.2, 0.25) is 0 Å². The van der Waals surface area contributed by atoms with Gasteiger partial charge in [-0.05, 0) is 43.0 Å². The molecule has 0 radical (unpaired) electrons. The lowest BCUT2D eigenvalue weighted by Gasteiger charge is -2.22. The van der Waals surface area contributed by atoms with Gasteiger partial charge in [0.25, 0.3) is 5.56 Å². The summed E-state index contributed by atoms with van der Waals surface area (Å²) in [6.07, 6.45) is 5.10. The number of anilines is 1. The number of benzene rings is 1. The number of carbonyl (C=O) groups is 1. The average Bonchev–Trinajstić information content (AvgIpc) is 3.48. The van der Waals surface area contributed by atoms with Crippen molar-refractivity contribution >= 4 is 17.4 Å². The summed E-state index contributed by atoms with van der Waals surface area (Å²) >= 11 is 0. The first-order valence-electron chi connectivity index (χ1n) is 8.71. The van der Waals surface area contributed by atoms with Crippen LogP contribution in [0.3, 0.4) is 0 Å². The molecule has 1 aromatic carbocycles. The van der Waals surface area contributed by atoms with Crippen LogP contribution in [0.5, 0.6) is 0 Å². The maximum absolute atomic E-state index is 12.8. The summed E-state index contributed by atoms with van der Waals surface area (Å²) < 4.78 is 1.45. The number of aromatic nitrogens is 2. The highest BCUT2D eigenvalue weighted by atomic mass is 16.2. The van der Waals surface area contributed by atoms with E-state index < -0.39 is 0 Å². The van der Waals surface area contributed by atoms with Gasteiger partial charge < -0.3 is 10.2 Å². The Morgan fingerprint density at radius 1 is 1.27 bits per heavy atom. The van der Waals surface area contributed by atoms with Crippen molar-refractivity contribution in [2.75, 3.05) is 5.32 Å². The number of nitrogens with zero attached hydrogens (tertiary/aromatic N) is 3. The zero-order chi connectivity index (χ0) is 18.1. The molecule has 26 heavy (non-hydrogen) atoms. The Morgan fingerprint density at radius 3 is 2.77 bits per heavy atom. The van der Waals surface area contributed by atoms with E-state index >= 15 is 0 Å². The summed E-state index contributed by atoms with van der Waals surface area (Å²) in [6.45, 7) is 2.47. The molecule has 0 aliphatic heterocycles. The van der Waals surface area contributed by atoms with Crippen LogP contribution in [0, 0.1) is 6.92 Å². The molecule has 0 spiro atoms. The molecular weight excluding hydrogens is 328 g/mol. The second kappa shape index (κ2) is 6.63. The number of amides is 2.